The Kier molecular flexibility index (Phi) is 3.65. The van der Waals surface area contributed by atoms with E-state index in [1.54, 1.807) is 0 Å². The van der Waals surface area contributed by atoms with Crippen LogP contribution in [0.5, 0.6) is 0 Å². The Labute approximate surface area is 92.6 Å². The quantitative estimate of drug-likeness (QED) is 0.725. The Morgan fingerprint density at radius 3 is 2.67 bits per heavy atom. The molecule has 0 bridgehead atoms. The van der Waals surface area contributed by atoms with Gasteiger partial charge in [0.25, 0.3) is 0 Å². The van der Waals surface area contributed by atoms with E-state index in [0.717, 1.165) is 26.1 Å². The van der Waals surface area contributed by atoms with E-state index in [4.69, 9.17) is 5.73 Å². The molecule has 0 aromatic carbocycles. The van der Waals surface area contributed by atoms with Gasteiger partial charge in [-0.3, -0.25) is 0 Å². The summed E-state index contributed by atoms with van der Waals surface area (Å²) in [6.07, 6.45) is 6.48. The Hall–Kier alpha value is -0.120. The highest BCUT2D eigenvalue weighted by atomic mass is 16.3. The van der Waals surface area contributed by atoms with Gasteiger partial charge in [-0.1, -0.05) is 12.8 Å². The van der Waals surface area contributed by atoms with E-state index >= 15 is 0 Å². The van der Waals surface area contributed by atoms with Crippen molar-refractivity contribution in [1.82, 2.24) is 4.90 Å². The third-order valence-corrected chi connectivity index (χ3v) is 4.38. The van der Waals surface area contributed by atoms with Gasteiger partial charge >= 0.3 is 0 Å². The minimum absolute atomic E-state index is 0.374. The minimum Gasteiger partial charge on any atom is -0.396 e. The van der Waals surface area contributed by atoms with E-state index < -0.39 is 0 Å². The van der Waals surface area contributed by atoms with Gasteiger partial charge in [-0.2, -0.15) is 0 Å². The second kappa shape index (κ2) is 4.81. The van der Waals surface area contributed by atoms with Crippen molar-refractivity contribution in [3.8, 4) is 0 Å². The Balaban J connectivity index is 1.94. The van der Waals surface area contributed by atoms with E-state index in [1.165, 1.54) is 32.2 Å². The summed E-state index contributed by atoms with van der Waals surface area (Å²) in [4.78, 5) is 2.51. The summed E-state index contributed by atoms with van der Waals surface area (Å²) >= 11 is 0. The molecule has 1 saturated carbocycles. The molecule has 1 saturated heterocycles. The summed E-state index contributed by atoms with van der Waals surface area (Å²) in [5, 5.41) is 9.48. The van der Waals surface area contributed by atoms with Crippen molar-refractivity contribution < 1.29 is 5.11 Å². The molecule has 1 aliphatic carbocycles. The smallest absolute Gasteiger partial charge is 0.0477 e. The number of rotatable bonds is 4. The minimum atomic E-state index is 0.374. The molecule has 2 rings (SSSR count). The van der Waals surface area contributed by atoms with Gasteiger partial charge < -0.3 is 15.7 Å². The summed E-state index contributed by atoms with van der Waals surface area (Å²) in [6.45, 7) is 4.58. The van der Waals surface area contributed by atoms with Crippen molar-refractivity contribution in [2.75, 3.05) is 32.8 Å². The normalized spacial score (nSPS) is 30.4. The van der Waals surface area contributed by atoms with Crippen LogP contribution in [0.2, 0.25) is 0 Å². The van der Waals surface area contributed by atoms with Gasteiger partial charge in [-0.25, -0.2) is 0 Å². The molecule has 3 heteroatoms. The molecule has 15 heavy (non-hydrogen) atoms. The fourth-order valence-corrected chi connectivity index (χ4v) is 3.53. The molecule has 88 valence electrons. The van der Waals surface area contributed by atoms with Crippen LogP contribution in [0.3, 0.4) is 0 Å². The molecule has 0 amide bonds. The maximum Gasteiger partial charge on any atom is 0.0477 e. The monoisotopic (exact) mass is 212 g/mol. The van der Waals surface area contributed by atoms with Crippen LogP contribution in [0.4, 0.5) is 0 Å². The fraction of sp³-hybridized carbons (Fsp3) is 1.00. The maximum atomic E-state index is 9.48. The highest BCUT2D eigenvalue weighted by Crippen LogP contribution is 2.48. The fourth-order valence-electron chi connectivity index (χ4n) is 3.53. The predicted octanol–water partition coefficient (Wildman–Crippen LogP) is 0.820. The molecule has 2 aliphatic rings. The van der Waals surface area contributed by atoms with Gasteiger partial charge in [-0.05, 0) is 37.8 Å². The molecule has 2 fully saturated rings. The molecular formula is C12H24N2O. The van der Waals surface area contributed by atoms with Crippen LogP contribution in [-0.2, 0) is 0 Å². The number of hydrogen-bond acceptors (Lipinski definition) is 3. The van der Waals surface area contributed by atoms with Gasteiger partial charge in [0.2, 0.25) is 0 Å². The Morgan fingerprint density at radius 1 is 1.33 bits per heavy atom. The van der Waals surface area contributed by atoms with Crippen molar-refractivity contribution in [3.63, 3.8) is 0 Å². The molecule has 0 aromatic rings. The number of nitrogens with two attached hydrogens (primary N) is 1. The first-order valence-electron chi connectivity index (χ1n) is 6.34. The zero-order valence-electron chi connectivity index (χ0n) is 9.62. The average molecular weight is 212 g/mol. The van der Waals surface area contributed by atoms with Crippen LogP contribution in [0.25, 0.3) is 0 Å². The molecule has 3 nitrogen and oxygen atoms in total. The van der Waals surface area contributed by atoms with Crippen molar-refractivity contribution in [2.24, 2.45) is 17.1 Å². The standard InChI is InChI=1S/C12H24N2O/c13-6-3-7-14-8-11(9-15)12(10-14)4-1-2-5-12/h11,15H,1-10,13H2/t11-/m0/s1. The molecule has 0 radical (unpaired) electrons. The van der Waals surface area contributed by atoms with E-state index in [0.29, 0.717) is 17.9 Å². The van der Waals surface area contributed by atoms with E-state index in [1.807, 2.05) is 0 Å². The van der Waals surface area contributed by atoms with Crippen LogP contribution in [0.15, 0.2) is 0 Å². The maximum absolute atomic E-state index is 9.48. The van der Waals surface area contributed by atoms with Gasteiger partial charge in [0.15, 0.2) is 0 Å². The van der Waals surface area contributed by atoms with Gasteiger partial charge in [0, 0.05) is 25.6 Å². The molecule has 0 unspecified atom stereocenters. The third-order valence-electron chi connectivity index (χ3n) is 4.38. The lowest BCUT2D eigenvalue weighted by molar-refractivity contribution is 0.137. The number of likely N-dealkylation sites (tertiary alicyclic amines) is 1. The second-order valence-electron chi connectivity index (χ2n) is 5.33. The lowest BCUT2D eigenvalue weighted by Crippen LogP contribution is -2.29. The second-order valence-corrected chi connectivity index (χ2v) is 5.33. The van der Waals surface area contributed by atoms with Gasteiger partial charge in [-0.15, -0.1) is 0 Å². The summed E-state index contributed by atoms with van der Waals surface area (Å²) in [5.74, 6) is 0.526. The molecule has 0 aromatic heterocycles. The van der Waals surface area contributed by atoms with Gasteiger partial charge in [0.05, 0.1) is 0 Å². The highest BCUT2D eigenvalue weighted by molar-refractivity contribution is 4.98. The molecule has 1 heterocycles. The predicted molar refractivity (Wildman–Crippen MR) is 61.6 cm³/mol. The van der Waals surface area contributed by atoms with Crippen LogP contribution in [-0.4, -0.2) is 42.8 Å². The molecular weight excluding hydrogens is 188 g/mol. The first-order valence-corrected chi connectivity index (χ1v) is 6.34. The van der Waals surface area contributed by atoms with Crippen molar-refractivity contribution >= 4 is 0 Å². The molecule has 1 aliphatic heterocycles. The highest BCUT2D eigenvalue weighted by Gasteiger charge is 2.47. The number of nitrogens with zero attached hydrogens (tertiary/aromatic N) is 1. The van der Waals surface area contributed by atoms with Crippen LogP contribution in [0, 0.1) is 11.3 Å². The van der Waals surface area contributed by atoms with Crippen molar-refractivity contribution in [2.45, 2.75) is 32.1 Å². The number of aliphatic hydroxyl groups is 1. The lowest BCUT2D eigenvalue weighted by Gasteiger charge is -2.28. The zero-order valence-corrected chi connectivity index (χ0v) is 9.62. The van der Waals surface area contributed by atoms with Crippen molar-refractivity contribution in [3.05, 3.63) is 0 Å². The van der Waals surface area contributed by atoms with E-state index in [-0.39, 0.29) is 0 Å². The Morgan fingerprint density at radius 2 is 2.07 bits per heavy atom. The first kappa shape index (κ1) is 11.4. The summed E-state index contributed by atoms with van der Waals surface area (Å²) in [6, 6.07) is 0. The SMILES string of the molecule is NCCCN1C[C@@H](CO)C2(CCCC2)C1. The van der Waals surface area contributed by atoms with E-state index in [9.17, 15) is 5.11 Å². The van der Waals surface area contributed by atoms with Crippen LogP contribution >= 0.6 is 0 Å². The third kappa shape index (κ3) is 2.19. The lowest BCUT2D eigenvalue weighted by atomic mass is 9.77. The van der Waals surface area contributed by atoms with Gasteiger partial charge in [0.1, 0.15) is 0 Å². The van der Waals surface area contributed by atoms with E-state index in [2.05, 4.69) is 4.90 Å². The largest absolute Gasteiger partial charge is 0.396 e. The summed E-state index contributed by atoms with van der Waals surface area (Å²) in [5.41, 5.74) is 6.00. The number of aliphatic hydroxyl groups excluding tert-OH is 1. The average Bonchev–Trinajstić information content (AvgIpc) is 2.84. The van der Waals surface area contributed by atoms with Crippen LogP contribution < -0.4 is 5.73 Å². The number of hydrogen-bond donors (Lipinski definition) is 2. The molecule has 1 atom stereocenters. The Bertz CT molecular complexity index is 202. The summed E-state index contributed by atoms with van der Waals surface area (Å²) in [7, 11) is 0. The van der Waals surface area contributed by atoms with Crippen LogP contribution in [0.1, 0.15) is 32.1 Å². The topological polar surface area (TPSA) is 49.5 Å². The zero-order chi connectivity index (χ0) is 10.7. The molecule has 1 spiro atoms. The molecule has 3 N–H and O–H groups in total. The summed E-state index contributed by atoms with van der Waals surface area (Å²) < 4.78 is 0. The van der Waals surface area contributed by atoms with Crippen molar-refractivity contribution in [1.29, 1.82) is 0 Å². The first-order chi connectivity index (χ1) is 7.30.